The SMILES string of the molecule is CN1c2cc(-c3cccc(-n4c5ccccc5c5ccc6c7ccccc7n(-c7ccccc7)c6c54)c3)ccc2SC1c1ccccc1. The number of nitrogens with zero attached hydrogens (tertiary/aromatic N) is 3. The van der Waals surface area contributed by atoms with E-state index in [1.807, 2.05) is 11.8 Å². The number of aromatic nitrogens is 2. The van der Waals surface area contributed by atoms with Gasteiger partial charge in [-0.15, -0.1) is 0 Å². The van der Waals surface area contributed by atoms with Crippen molar-refractivity contribution in [1.29, 1.82) is 0 Å². The Labute approximate surface area is 283 Å². The zero-order valence-electron chi connectivity index (χ0n) is 26.4. The number of hydrogen-bond donors (Lipinski definition) is 0. The smallest absolute Gasteiger partial charge is 0.105 e. The molecule has 0 aliphatic carbocycles. The summed E-state index contributed by atoms with van der Waals surface area (Å²) in [7, 11) is 2.21. The van der Waals surface area contributed by atoms with Crippen molar-refractivity contribution in [2.24, 2.45) is 0 Å². The molecule has 1 aliphatic heterocycles. The van der Waals surface area contributed by atoms with E-state index in [-0.39, 0.29) is 5.37 Å². The number of benzene rings is 7. The first-order valence-corrected chi connectivity index (χ1v) is 17.3. The van der Waals surface area contributed by atoms with Gasteiger partial charge in [0.1, 0.15) is 5.37 Å². The van der Waals surface area contributed by atoms with Crippen LogP contribution in [0.3, 0.4) is 0 Å². The van der Waals surface area contributed by atoms with Crippen LogP contribution < -0.4 is 4.90 Å². The number of hydrogen-bond acceptors (Lipinski definition) is 2. The van der Waals surface area contributed by atoms with E-state index in [2.05, 4.69) is 185 Å². The lowest BCUT2D eigenvalue weighted by molar-refractivity contribution is 0.914. The van der Waals surface area contributed by atoms with Gasteiger partial charge in [-0.1, -0.05) is 127 Å². The summed E-state index contributed by atoms with van der Waals surface area (Å²) in [6.45, 7) is 0. The van der Waals surface area contributed by atoms with Gasteiger partial charge in [-0.25, -0.2) is 0 Å². The summed E-state index contributed by atoms with van der Waals surface area (Å²) in [5, 5.41) is 5.31. The molecule has 1 atom stereocenters. The first kappa shape index (κ1) is 27.4. The highest BCUT2D eigenvalue weighted by atomic mass is 32.2. The number of thioether (sulfide) groups is 1. The third-order valence-electron chi connectivity index (χ3n) is 9.93. The fourth-order valence-corrected chi connectivity index (χ4v) is 9.02. The van der Waals surface area contributed by atoms with Crippen molar-refractivity contribution < 1.29 is 0 Å². The van der Waals surface area contributed by atoms with Crippen LogP contribution in [-0.2, 0) is 0 Å². The second kappa shape index (κ2) is 10.7. The maximum atomic E-state index is 2.48. The van der Waals surface area contributed by atoms with Gasteiger partial charge in [0.15, 0.2) is 0 Å². The van der Waals surface area contributed by atoms with Crippen LogP contribution in [0, 0.1) is 0 Å². The molecule has 4 heteroatoms. The predicted octanol–water partition coefficient (Wildman–Crippen LogP) is 11.8. The topological polar surface area (TPSA) is 13.1 Å². The summed E-state index contributed by atoms with van der Waals surface area (Å²) >= 11 is 1.93. The van der Waals surface area contributed by atoms with Gasteiger partial charge in [-0.2, -0.15) is 0 Å². The molecule has 1 aliphatic rings. The lowest BCUT2D eigenvalue weighted by atomic mass is 10.0. The van der Waals surface area contributed by atoms with Crippen molar-refractivity contribution in [1.82, 2.24) is 9.13 Å². The average Bonchev–Trinajstić information content (AvgIpc) is 3.79. The fraction of sp³-hybridized carbons (Fsp3) is 0.0455. The highest BCUT2D eigenvalue weighted by Gasteiger charge is 2.29. The molecule has 48 heavy (non-hydrogen) atoms. The molecule has 3 heterocycles. The molecule has 3 nitrogen and oxygen atoms in total. The molecule has 0 fully saturated rings. The lowest BCUT2D eigenvalue weighted by Crippen LogP contribution is -2.16. The standard InChI is InChI=1S/C44H31N3S/c1-45-40-28-31(23-26-41(40)48-44(45)29-13-4-2-5-14-29)30-15-12-18-33(27-30)47-39-22-11-9-20-35(39)37-25-24-36-34-19-8-10-21-38(34)46(42(36)43(37)47)32-16-6-3-7-17-32/h2-28,44H,1H3. The van der Waals surface area contributed by atoms with Crippen LogP contribution >= 0.6 is 11.8 Å². The van der Waals surface area contributed by atoms with Crippen LogP contribution in [-0.4, -0.2) is 16.2 Å². The number of fused-ring (bicyclic) bond motifs is 8. The van der Waals surface area contributed by atoms with E-state index in [4.69, 9.17) is 0 Å². The van der Waals surface area contributed by atoms with E-state index in [0.717, 1.165) is 11.4 Å². The summed E-state index contributed by atoms with van der Waals surface area (Å²) in [4.78, 5) is 3.74. The molecule has 9 aromatic rings. The zero-order valence-corrected chi connectivity index (χ0v) is 27.2. The fourth-order valence-electron chi connectivity index (χ4n) is 7.75. The molecule has 0 saturated heterocycles. The lowest BCUT2D eigenvalue weighted by Gasteiger charge is -2.22. The second-order valence-electron chi connectivity index (χ2n) is 12.6. The van der Waals surface area contributed by atoms with Gasteiger partial charge in [0.05, 0.1) is 27.8 Å². The minimum absolute atomic E-state index is 0.277. The van der Waals surface area contributed by atoms with Crippen molar-refractivity contribution in [3.8, 4) is 22.5 Å². The molecular weight excluding hydrogens is 603 g/mol. The van der Waals surface area contributed by atoms with Gasteiger partial charge in [-0.3, -0.25) is 0 Å². The first-order valence-electron chi connectivity index (χ1n) is 16.4. The quantitative estimate of drug-likeness (QED) is 0.191. The zero-order chi connectivity index (χ0) is 31.8. The van der Waals surface area contributed by atoms with Crippen LogP contribution in [0.4, 0.5) is 5.69 Å². The number of rotatable bonds is 4. The summed E-state index contributed by atoms with van der Waals surface area (Å²) in [6.07, 6.45) is 0. The van der Waals surface area contributed by atoms with E-state index in [1.54, 1.807) is 0 Å². The molecule has 1 unspecified atom stereocenters. The van der Waals surface area contributed by atoms with Gasteiger partial charge in [-0.05, 0) is 65.2 Å². The Balaban J connectivity index is 1.20. The Kier molecular flexibility index (Phi) is 6.09. The average molecular weight is 634 g/mol. The van der Waals surface area contributed by atoms with E-state index >= 15 is 0 Å². The molecular formula is C44H31N3S. The summed E-state index contributed by atoms with van der Waals surface area (Å²) in [5.74, 6) is 0. The maximum absolute atomic E-state index is 2.48. The van der Waals surface area contributed by atoms with Crippen molar-refractivity contribution in [3.63, 3.8) is 0 Å². The Morgan fingerprint density at radius 3 is 1.71 bits per heavy atom. The number of para-hydroxylation sites is 3. The Morgan fingerprint density at radius 1 is 0.458 bits per heavy atom. The normalized spacial score (nSPS) is 14.4. The first-order chi connectivity index (χ1) is 23.7. The maximum Gasteiger partial charge on any atom is 0.105 e. The monoisotopic (exact) mass is 633 g/mol. The molecule has 10 rings (SSSR count). The third kappa shape index (κ3) is 4.03. The van der Waals surface area contributed by atoms with Gasteiger partial charge < -0.3 is 14.0 Å². The molecule has 0 amide bonds. The molecule has 0 bridgehead atoms. The van der Waals surface area contributed by atoms with E-state index in [9.17, 15) is 0 Å². The third-order valence-corrected chi connectivity index (χ3v) is 11.3. The van der Waals surface area contributed by atoms with Crippen molar-refractivity contribution in [3.05, 3.63) is 169 Å². The molecule has 0 N–H and O–H groups in total. The van der Waals surface area contributed by atoms with Crippen LogP contribution in [0.5, 0.6) is 0 Å². The predicted molar refractivity (Wildman–Crippen MR) is 204 cm³/mol. The van der Waals surface area contributed by atoms with Gasteiger partial charge in [0.25, 0.3) is 0 Å². The Hall–Kier alpha value is -5.71. The van der Waals surface area contributed by atoms with E-state index in [1.165, 1.54) is 70.9 Å². The highest BCUT2D eigenvalue weighted by Crippen LogP contribution is 2.51. The van der Waals surface area contributed by atoms with E-state index in [0.29, 0.717) is 0 Å². The van der Waals surface area contributed by atoms with Crippen LogP contribution in [0.1, 0.15) is 10.9 Å². The molecule has 2 aromatic heterocycles. The second-order valence-corrected chi connectivity index (χ2v) is 13.7. The molecule has 0 saturated carbocycles. The Bertz CT molecular complexity index is 2670. The van der Waals surface area contributed by atoms with Gasteiger partial charge in [0.2, 0.25) is 0 Å². The van der Waals surface area contributed by atoms with Crippen LogP contribution in [0.25, 0.3) is 66.1 Å². The van der Waals surface area contributed by atoms with Crippen molar-refractivity contribution >= 4 is 61.1 Å². The van der Waals surface area contributed by atoms with Crippen LogP contribution in [0.2, 0.25) is 0 Å². The number of anilines is 1. The summed E-state index contributed by atoms with van der Waals surface area (Å²) < 4.78 is 4.93. The largest absolute Gasteiger partial charge is 0.357 e. The Morgan fingerprint density at radius 2 is 1.02 bits per heavy atom. The highest BCUT2D eigenvalue weighted by molar-refractivity contribution is 8.00. The minimum atomic E-state index is 0.277. The van der Waals surface area contributed by atoms with Crippen molar-refractivity contribution in [2.75, 3.05) is 11.9 Å². The molecule has 228 valence electrons. The summed E-state index contributed by atoms with van der Waals surface area (Å²) in [5.41, 5.74) is 12.2. The molecule has 0 radical (unpaired) electrons. The summed E-state index contributed by atoms with van der Waals surface area (Å²) in [6, 6.07) is 59.8. The minimum Gasteiger partial charge on any atom is -0.357 e. The van der Waals surface area contributed by atoms with Gasteiger partial charge in [0, 0.05) is 44.9 Å². The van der Waals surface area contributed by atoms with Crippen molar-refractivity contribution in [2.45, 2.75) is 10.3 Å². The van der Waals surface area contributed by atoms with Gasteiger partial charge >= 0.3 is 0 Å². The molecule has 0 spiro atoms. The van der Waals surface area contributed by atoms with E-state index < -0.39 is 0 Å². The molecule has 7 aromatic carbocycles. The van der Waals surface area contributed by atoms with Crippen LogP contribution in [0.15, 0.2) is 169 Å².